The van der Waals surface area contributed by atoms with Gasteiger partial charge in [-0.3, -0.25) is 4.79 Å². The van der Waals surface area contributed by atoms with Crippen LogP contribution in [0.2, 0.25) is 0 Å². The van der Waals surface area contributed by atoms with Crippen LogP contribution >= 0.6 is 0 Å². The quantitative estimate of drug-likeness (QED) is 0.582. The SMILES string of the molecule is CCCCCCC(CC)c1cccn(O)c1=O. The highest BCUT2D eigenvalue weighted by Crippen LogP contribution is 2.23. The van der Waals surface area contributed by atoms with E-state index in [-0.39, 0.29) is 11.5 Å². The molecule has 0 saturated carbocycles. The summed E-state index contributed by atoms with van der Waals surface area (Å²) in [6.45, 7) is 4.29. The molecular weight excluding hydrogens is 214 g/mol. The van der Waals surface area contributed by atoms with Crippen molar-refractivity contribution >= 4 is 0 Å². The fourth-order valence-electron chi connectivity index (χ4n) is 2.21. The summed E-state index contributed by atoms with van der Waals surface area (Å²) in [6, 6.07) is 3.56. The van der Waals surface area contributed by atoms with E-state index in [4.69, 9.17) is 0 Å². The van der Waals surface area contributed by atoms with Crippen LogP contribution in [0.5, 0.6) is 0 Å². The normalized spacial score (nSPS) is 12.6. The molecule has 1 heterocycles. The van der Waals surface area contributed by atoms with Gasteiger partial charge in [-0.15, -0.1) is 0 Å². The van der Waals surface area contributed by atoms with E-state index in [0.29, 0.717) is 4.73 Å². The molecule has 0 saturated heterocycles. The van der Waals surface area contributed by atoms with Gasteiger partial charge in [-0.25, -0.2) is 0 Å². The zero-order valence-corrected chi connectivity index (χ0v) is 10.9. The minimum absolute atomic E-state index is 0.269. The molecule has 0 amide bonds. The first-order chi connectivity index (χ1) is 8.20. The molecule has 0 radical (unpaired) electrons. The molecule has 1 rings (SSSR count). The molecule has 0 aliphatic rings. The van der Waals surface area contributed by atoms with Crippen LogP contribution in [0, 0.1) is 0 Å². The second-order valence-corrected chi connectivity index (χ2v) is 4.57. The van der Waals surface area contributed by atoms with Gasteiger partial charge in [0.15, 0.2) is 0 Å². The predicted octanol–water partition coefficient (Wildman–Crippen LogP) is 3.55. The molecule has 0 aromatic carbocycles. The Hall–Kier alpha value is -1.25. The van der Waals surface area contributed by atoms with Gasteiger partial charge < -0.3 is 5.21 Å². The smallest absolute Gasteiger partial charge is 0.286 e. The molecule has 0 fully saturated rings. The minimum Gasteiger partial charge on any atom is -0.425 e. The number of hydrogen-bond acceptors (Lipinski definition) is 2. The van der Waals surface area contributed by atoms with Gasteiger partial charge in [0, 0.05) is 11.8 Å². The van der Waals surface area contributed by atoms with E-state index in [1.807, 2.05) is 6.07 Å². The highest BCUT2D eigenvalue weighted by molar-refractivity contribution is 5.15. The summed E-state index contributed by atoms with van der Waals surface area (Å²) in [7, 11) is 0. The summed E-state index contributed by atoms with van der Waals surface area (Å²) in [5.74, 6) is 0.277. The Bertz CT molecular complexity index is 384. The van der Waals surface area contributed by atoms with Gasteiger partial charge in [0.2, 0.25) is 0 Å². The minimum atomic E-state index is -0.269. The van der Waals surface area contributed by atoms with E-state index < -0.39 is 0 Å². The van der Waals surface area contributed by atoms with Crippen molar-refractivity contribution in [2.75, 3.05) is 0 Å². The average molecular weight is 237 g/mol. The maximum absolute atomic E-state index is 11.8. The summed E-state index contributed by atoms with van der Waals surface area (Å²) in [5, 5.41) is 9.36. The van der Waals surface area contributed by atoms with Crippen LogP contribution < -0.4 is 5.56 Å². The molecule has 0 aliphatic heterocycles. The lowest BCUT2D eigenvalue weighted by molar-refractivity contribution is 0.173. The second-order valence-electron chi connectivity index (χ2n) is 4.57. The zero-order chi connectivity index (χ0) is 12.7. The van der Waals surface area contributed by atoms with Crippen molar-refractivity contribution in [3.63, 3.8) is 0 Å². The predicted molar refractivity (Wildman–Crippen MR) is 69.7 cm³/mol. The molecule has 0 bridgehead atoms. The van der Waals surface area contributed by atoms with E-state index in [1.54, 1.807) is 6.07 Å². The van der Waals surface area contributed by atoms with Gasteiger partial charge in [0.25, 0.3) is 5.56 Å². The van der Waals surface area contributed by atoms with E-state index in [1.165, 1.54) is 25.5 Å². The first-order valence-electron chi connectivity index (χ1n) is 6.61. The molecule has 1 atom stereocenters. The Labute approximate surface area is 103 Å². The first kappa shape index (κ1) is 13.8. The Morgan fingerprint density at radius 1 is 1.29 bits per heavy atom. The Balaban J connectivity index is 2.66. The molecule has 1 N–H and O–H groups in total. The fraction of sp³-hybridized carbons (Fsp3) is 0.643. The van der Waals surface area contributed by atoms with Crippen molar-refractivity contribution in [3.05, 3.63) is 34.2 Å². The molecule has 3 nitrogen and oxygen atoms in total. The lowest BCUT2D eigenvalue weighted by Crippen LogP contribution is -2.22. The number of nitrogens with zero attached hydrogens (tertiary/aromatic N) is 1. The average Bonchev–Trinajstić information content (AvgIpc) is 2.34. The van der Waals surface area contributed by atoms with Crippen molar-refractivity contribution in [1.82, 2.24) is 4.73 Å². The molecular formula is C14H23NO2. The van der Waals surface area contributed by atoms with Crippen LogP contribution in [0.15, 0.2) is 23.1 Å². The van der Waals surface area contributed by atoms with Crippen LogP contribution in [-0.2, 0) is 0 Å². The number of unbranched alkanes of at least 4 members (excludes halogenated alkanes) is 3. The summed E-state index contributed by atoms with van der Waals surface area (Å²) < 4.78 is 0.685. The van der Waals surface area contributed by atoms with Gasteiger partial charge >= 0.3 is 0 Å². The number of hydrogen-bond donors (Lipinski definition) is 1. The fourth-order valence-corrected chi connectivity index (χ4v) is 2.21. The van der Waals surface area contributed by atoms with E-state index in [2.05, 4.69) is 13.8 Å². The first-order valence-corrected chi connectivity index (χ1v) is 6.61. The zero-order valence-electron chi connectivity index (χ0n) is 10.9. The van der Waals surface area contributed by atoms with Crippen LogP contribution in [0.4, 0.5) is 0 Å². The lowest BCUT2D eigenvalue weighted by Gasteiger charge is -2.14. The van der Waals surface area contributed by atoms with Crippen molar-refractivity contribution in [2.24, 2.45) is 0 Å². The molecule has 1 unspecified atom stereocenters. The number of pyridine rings is 1. The summed E-state index contributed by atoms with van der Waals surface area (Å²) in [5.41, 5.74) is 0.476. The Kier molecular flexibility index (Phi) is 5.81. The maximum Gasteiger partial charge on any atom is 0.286 e. The highest BCUT2D eigenvalue weighted by atomic mass is 16.5. The summed E-state index contributed by atoms with van der Waals surface area (Å²) >= 11 is 0. The monoisotopic (exact) mass is 237 g/mol. The standard InChI is InChI=1S/C14H23NO2/c1-3-5-6-7-9-12(4-2)13-10-8-11-15(17)14(13)16/h8,10-12,17H,3-7,9H2,1-2H3. The van der Waals surface area contributed by atoms with Crippen molar-refractivity contribution < 1.29 is 5.21 Å². The Morgan fingerprint density at radius 2 is 2.06 bits per heavy atom. The lowest BCUT2D eigenvalue weighted by atomic mass is 9.92. The third kappa shape index (κ3) is 3.91. The van der Waals surface area contributed by atoms with Crippen LogP contribution in [0.1, 0.15) is 63.9 Å². The molecule has 1 aromatic rings. The summed E-state index contributed by atoms with van der Waals surface area (Å²) in [6.07, 6.45) is 8.25. The topological polar surface area (TPSA) is 42.2 Å². The van der Waals surface area contributed by atoms with E-state index >= 15 is 0 Å². The summed E-state index contributed by atoms with van der Waals surface area (Å²) in [4.78, 5) is 11.8. The molecule has 1 aromatic heterocycles. The van der Waals surface area contributed by atoms with Gasteiger partial charge in [-0.2, -0.15) is 4.73 Å². The maximum atomic E-state index is 11.8. The van der Waals surface area contributed by atoms with Crippen LogP contribution in [0.3, 0.4) is 0 Å². The highest BCUT2D eigenvalue weighted by Gasteiger charge is 2.13. The van der Waals surface area contributed by atoms with Crippen molar-refractivity contribution in [2.45, 2.75) is 58.3 Å². The van der Waals surface area contributed by atoms with Crippen molar-refractivity contribution in [3.8, 4) is 0 Å². The third-order valence-corrected chi connectivity index (χ3v) is 3.30. The van der Waals surface area contributed by atoms with E-state index in [9.17, 15) is 10.0 Å². The molecule has 96 valence electrons. The largest absolute Gasteiger partial charge is 0.425 e. The number of rotatable bonds is 7. The molecule has 0 aliphatic carbocycles. The van der Waals surface area contributed by atoms with Gasteiger partial charge in [-0.05, 0) is 24.8 Å². The van der Waals surface area contributed by atoms with E-state index in [0.717, 1.165) is 24.8 Å². The second kappa shape index (κ2) is 7.15. The van der Waals surface area contributed by atoms with Gasteiger partial charge in [-0.1, -0.05) is 45.6 Å². The van der Waals surface area contributed by atoms with Gasteiger partial charge in [0.05, 0.1) is 0 Å². The molecule has 0 spiro atoms. The molecule has 17 heavy (non-hydrogen) atoms. The number of aromatic nitrogens is 1. The third-order valence-electron chi connectivity index (χ3n) is 3.30. The van der Waals surface area contributed by atoms with Crippen LogP contribution in [-0.4, -0.2) is 9.94 Å². The van der Waals surface area contributed by atoms with Crippen molar-refractivity contribution in [1.29, 1.82) is 0 Å². The Morgan fingerprint density at radius 3 is 2.71 bits per heavy atom. The van der Waals surface area contributed by atoms with Gasteiger partial charge in [0.1, 0.15) is 0 Å². The van der Waals surface area contributed by atoms with Crippen LogP contribution in [0.25, 0.3) is 0 Å². The molecule has 3 heteroatoms.